The summed E-state index contributed by atoms with van der Waals surface area (Å²) in [5.41, 5.74) is 2.30. The third-order valence-corrected chi connectivity index (χ3v) is 6.73. The Kier molecular flexibility index (Phi) is 9.74. The average Bonchev–Trinajstić information content (AvgIpc) is 3.38. The van der Waals surface area contributed by atoms with Crippen molar-refractivity contribution >= 4 is 29.5 Å². The van der Waals surface area contributed by atoms with Crippen LogP contribution < -0.4 is 20.7 Å². The summed E-state index contributed by atoms with van der Waals surface area (Å²) in [6.45, 7) is 1.03. The van der Waals surface area contributed by atoms with Crippen molar-refractivity contribution in [3.05, 3.63) is 77.6 Å². The highest BCUT2D eigenvalue weighted by Crippen LogP contribution is 2.13. The lowest BCUT2D eigenvalue weighted by atomic mass is 10.0. The van der Waals surface area contributed by atoms with Crippen LogP contribution in [0.15, 0.2) is 60.8 Å². The zero-order chi connectivity index (χ0) is 26.7. The standard InChI is InChI=1S/C27H32N6O4S/c1-38-14-11-23-27(36)30-24(15-19-5-3-2-4-6-19)26(35)28-17-21-18-33(32-31-21)12-13-37-22-9-7-20(8-10-22)16-25(34)29-23/h2-10,18,23-24H,11-17H2,1H3,(H,28,35)(H,29,34)(H,30,36)/t23-,24-/m1/s1. The molecule has 11 heteroatoms. The lowest BCUT2D eigenvalue weighted by molar-refractivity contribution is -0.132. The molecule has 200 valence electrons. The molecule has 38 heavy (non-hydrogen) atoms. The second-order valence-corrected chi connectivity index (χ2v) is 10.00. The molecule has 10 nitrogen and oxygen atoms in total. The molecule has 5 rings (SSSR count). The van der Waals surface area contributed by atoms with Crippen LogP contribution in [0.5, 0.6) is 5.75 Å². The van der Waals surface area contributed by atoms with Crippen molar-refractivity contribution in [2.75, 3.05) is 18.6 Å². The minimum Gasteiger partial charge on any atom is -0.492 e. The molecule has 3 amide bonds. The molecule has 0 saturated carbocycles. The van der Waals surface area contributed by atoms with Crippen LogP contribution in [0.2, 0.25) is 0 Å². The summed E-state index contributed by atoms with van der Waals surface area (Å²) in [5, 5.41) is 16.8. The van der Waals surface area contributed by atoms with Crippen LogP contribution in [0, 0.1) is 0 Å². The van der Waals surface area contributed by atoms with Gasteiger partial charge in [0, 0.05) is 6.42 Å². The highest BCUT2D eigenvalue weighted by atomic mass is 32.2. The number of nitrogens with zero attached hydrogens (tertiary/aromatic N) is 3. The molecule has 0 unspecified atom stereocenters. The summed E-state index contributed by atoms with van der Waals surface area (Å²) in [6, 6.07) is 15.2. The monoisotopic (exact) mass is 536 g/mol. The Morgan fingerprint density at radius 3 is 2.55 bits per heavy atom. The van der Waals surface area contributed by atoms with E-state index in [1.165, 1.54) is 0 Å². The third-order valence-electron chi connectivity index (χ3n) is 6.08. The summed E-state index contributed by atoms with van der Waals surface area (Å²) in [4.78, 5) is 39.4. The Bertz CT molecular complexity index is 1220. The van der Waals surface area contributed by atoms with Gasteiger partial charge in [-0.15, -0.1) is 5.10 Å². The number of thioether (sulfide) groups is 1. The largest absolute Gasteiger partial charge is 0.492 e. The summed E-state index contributed by atoms with van der Waals surface area (Å²) in [7, 11) is 0. The summed E-state index contributed by atoms with van der Waals surface area (Å²) >= 11 is 1.58. The fourth-order valence-electron chi connectivity index (χ4n) is 4.06. The second-order valence-electron chi connectivity index (χ2n) is 9.01. The van der Waals surface area contributed by atoms with E-state index in [9.17, 15) is 14.4 Å². The molecule has 4 bridgehead atoms. The van der Waals surface area contributed by atoms with Crippen LogP contribution in [0.1, 0.15) is 23.2 Å². The van der Waals surface area contributed by atoms with Crippen molar-refractivity contribution in [3.8, 4) is 5.75 Å². The predicted molar refractivity (Wildman–Crippen MR) is 145 cm³/mol. The van der Waals surface area contributed by atoms with E-state index in [0.29, 0.717) is 43.2 Å². The number of amides is 3. The van der Waals surface area contributed by atoms with Gasteiger partial charge in [0.05, 0.1) is 25.7 Å². The average molecular weight is 537 g/mol. The van der Waals surface area contributed by atoms with Crippen molar-refractivity contribution in [1.82, 2.24) is 30.9 Å². The first kappa shape index (κ1) is 27.2. The first-order valence-electron chi connectivity index (χ1n) is 12.5. The zero-order valence-corrected chi connectivity index (χ0v) is 22.1. The lowest BCUT2D eigenvalue weighted by Crippen LogP contribution is -2.54. The molecule has 3 N–H and O–H groups in total. The van der Waals surface area contributed by atoms with Gasteiger partial charge in [0.1, 0.15) is 30.1 Å². The van der Waals surface area contributed by atoms with E-state index < -0.39 is 18.0 Å². The Balaban J connectivity index is 1.57. The molecule has 3 aromatic rings. The maximum Gasteiger partial charge on any atom is 0.243 e. The van der Waals surface area contributed by atoms with E-state index in [4.69, 9.17) is 4.74 Å². The van der Waals surface area contributed by atoms with Gasteiger partial charge in [-0.25, -0.2) is 4.68 Å². The predicted octanol–water partition coefficient (Wildman–Crippen LogP) is 1.49. The molecule has 0 aliphatic carbocycles. The summed E-state index contributed by atoms with van der Waals surface area (Å²) in [6.07, 6.45) is 4.56. The van der Waals surface area contributed by atoms with Crippen LogP contribution in [0.25, 0.3) is 0 Å². The minimum absolute atomic E-state index is 0.124. The van der Waals surface area contributed by atoms with Crippen LogP contribution in [-0.2, 0) is 40.3 Å². The number of ether oxygens (including phenoxy) is 1. The zero-order valence-electron chi connectivity index (χ0n) is 21.3. The van der Waals surface area contributed by atoms with Crippen LogP contribution in [0.4, 0.5) is 0 Å². The van der Waals surface area contributed by atoms with Crippen molar-refractivity contribution in [3.63, 3.8) is 0 Å². The van der Waals surface area contributed by atoms with E-state index in [-0.39, 0.29) is 24.8 Å². The van der Waals surface area contributed by atoms with Crippen molar-refractivity contribution in [1.29, 1.82) is 0 Å². The molecule has 1 aromatic heterocycles. The molecule has 2 aromatic carbocycles. The Morgan fingerprint density at radius 1 is 1.00 bits per heavy atom. The molecule has 2 aliphatic heterocycles. The maximum atomic E-state index is 13.4. The Labute approximate surface area is 225 Å². The number of carbonyl (C=O) groups is 3. The van der Waals surface area contributed by atoms with Crippen LogP contribution in [-0.4, -0.2) is 63.4 Å². The number of fused-ring (bicyclic) bond motifs is 13. The maximum absolute atomic E-state index is 13.4. The quantitative estimate of drug-likeness (QED) is 0.422. The normalized spacial score (nSPS) is 19.1. The summed E-state index contributed by atoms with van der Waals surface area (Å²) < 4.78 is 7.43. The first-order valence-corrected chi connectivity index (χ1v) is 13.9. The number of rotatable bonds is 5. The molecule has 2 aliphatic rings. The smallest absolute Gasteiger partial charge is 0.243 e. The molecule has 0 spiro atoms. The molecule has 3 heterocycles. The van der Waals surface area contributed by atoms with Crippen molar-refractivity contribution in [2.24, 2.45) is 0 Å². The first-order chi connectivity index (χ1) is 18.5. The van der Waals surface area contributed by atoms with Gasteiger partial charge >= 0.3 is 0 Å². The van der Waals surface area contributed by atoms with Crippen molar-refractivity contribution in [2.45, 2.75) is 44.4 Å². The molecule has 2 atom stereocenters. The highest BCUT2D eigenvalue weighted by Gasteiger charge is 2.27. The number of carbonyl (C=O) groups excluding carboxylic acids is 3. The van der Waals surface area contributed by atoms with Crippen molar-refractivity contribution < 1.29 is 19.1 Å². The van der Waals surface area contributed by atoms with Gasteiger partial charge in [-0.2, -0.15) is 11.8 Å². The Hall–Kier alpha value is -3.86. The summed E-state index contributed by atoms with van der Waals surface area (Å²) in [5.74, 6) is 0.350. The molecular weight excluding hydrogens is 504 g/mol. The van der Waals surface area contributed by atoms with Gasteiger partial charge < -0.3 is 20.7 Å². The number of aromatic nitrogens is 3. The molecule has 0 radical (unpaired) electrons. The molecule has 0 saturated heterocycles. The van der Waals surface area contributed by atoms with E-state index >= 15 is 0 Å². The van der Waals surface area contributed by atoms with E-state index in [0.717, 1.165) is 11.1 Å². The second kappa shape index (κ2) is 13.6. The highest BCUT2D eigenvalue weighted by molar-refractivity contribution is 7.98. The van der Waals surface area contributed by atoms with Gasteiger partial charge in [-0.3, -0.25) is 14.4 Å². The van der Waals surface area contributed by atoms with E-state index in [2.05, 4.69) is 26.3 Å². The molecule has 0 fully saturated rings. The van der Waals surface area contributed by atoms with Gasteiger partial charge in [0.15, 0.2) is 0 Å². The topological polar surface area (TPSA) is 127 Å². The number of nitrogens with one attached hydrogen (secondary N) is 3. The third kappa shape index (κ3) is 8.07. The van der Waals surface area contributed by atoms with E-state index in [1.54, 1.807) is 22.6 Å². The number of benzene rings is 2. The lowest BCUT2D eigenvalue weighted by Gasteiger charge is -2.23. The minimum atomic E-state index is -0.833. The number of hydrogen-bond donors (Lipinski definition) is 3. The number of hydrogen-bond acceptors (Lipinski definition) is 7. The van der Waals surface area contributed by atoms with Crippen LogP contribution in [0.3, 0.4) is 0 Å². The van der Waals surface area contributed by atoms with Crippen LogP contribution >= 0.6 is 11.8 Å². The van der Waals surface area contributed by atoms with Gasteiger partial charge in [0.25, 0.3) is 0 Å². The van der Waals surface area contributed by atoms with Gasteiger partial charge in [-0.1, -0.05) is 47.7 Å². The van der Waals surface area contributed by atoms with Gasteiger partial charge in [-0.05, 0) is 41.7 Å². The SMILES string of the molecule is CSCC[C@H]1NC(=O)Cc2ccc(cc2)OCCn2cc(nn2)CNC(=O)[C@@H](Cc2ccccc2)NC1=O. The molecular formula is C27H32N6O4S. The fraction of sp³-hybridized carbons (Fsp3) is 0.370. The van der Waals surface area contributed by atoms with Gasteiger partial charge in [0.2, 0.25) is 17.7 Å². The van der Waals surface area contributed by atoms with E-state index in [1.807, 2.05) is 60.9 Å². The Morgan fingerprint density at radius 2 is 1.79 bits per heavy atom. The fourth-order valence-corrected chi connectivity index (χ4v) is 4.53.